The molecule has 1 aromatic carbocycles. The van der Waals surface area contributed by atoms with Crippen molar-refractivity contribution < 1.29 is 14.7 Å². The fraction of sp³-hybridized carbons (Fsp3) is 0.467. The summed E-state index contributed by atoms with van der Waals surface area (Å²) in [5, 5.41) is 8.85. The molecule has 3 N–H and O–H groups in total. The standard InChI is InChI=1S/C15H20N2O3/c1-17(12-5-3-11(4-6-12)14(19)20)13(18)9-15(10-16)7-2-8-15/h3-6H,2,7-10,16H2,1H3,(H,19,20). The Balaban J connectivity index is 2.04. The van der Waals surface area contributed by atoms with Gasteiger partial charge in [0.2, 0.25) is 5.91 Å². The number of hydrogen-bond acceptors (Lipinski definition) is 3. The fourth-order valence-electron chi connectivity index (χ4n) is 2.54. The molecule has 1 saturated carbocycles. The third-order valence-electron chi connectivity index (χ3n) is 4.25. The Hall–Kier alpha value is -1.88. The van der Waals surface area contributed by atoms with Gasteiger partial charge in [0.15, 0.2) is 0 Å². The molecule has 0 heterocycles. The van der Waals surface area contributed by atoms with Gasteiger partial charge in [0, 0.05) is 19.2 Å². The Labute approximate surface area is 118 Å². The van der Waals surface area contributed by atoms with Crippen LogP contribution in [-0.2, 0) is 4.79 Å². The molecule has 0 atom stereocenters. The van der Waals surface area contributed by atoms with Crippen LogP contribution in [0.3, 0.4) is 0 Å². The molecule has 0 unspecified atom stereocenters. The van der Waals surface area contributed by atoms with E-state index in [1.165, 1.54) is 12.1 Å². The van der Waals surface area contributed by atoms with Crippen molar-refractivity contribution in [2.24, 2.45) is 11.1 Å². The van der Waals surface area contributed by atoms with Crippen LogP contribution in [0.4, 0.5) is 5.69 Å². The molecule has 1 amide bonds. The molecule has 1 aromatic rings. The molecule has 2 rings (SSSR count). The van der Waals surface area contributed by atoms with Crippen molar-refractivity contribution >= 4 is 17.6 Å². The highest BCUT2D eigenvalue weighted by molar-refractivity contribution is 5.94. The van der Waals surface area contributed by atoms with Gasteiger partial charge in [-0.3, -0.25) is 4.79 Å². The maximum Gasteiger partial charge on any atom is 0.335 e. The van der Waals surface area contributed by atoms with Gasteiger partial charge < -0.3 is 15.7 Å². The van der Waals surface area contributed by atoms with E-state index in [-0.39, 0.29) is 16.9 Å². The number of carboxylic acid groups (broad SMARTS) is 1. The van der Waals surface area contributed by atoms with Gasteiger partial charge in [-0.05, 0) is 49.1 Å². The Morgan fingerprint density at radius 1 is 1.30 bits per heavy atom. The van der Waals surface area contributed by atoms with Crippen LogP contribution >= 0.6 is 0 Å². The van der Waals surface area contributed by atoms with Crippen LogP contribution in [0.25, 0.3) is 0 Å². The summed E-state index contributed by atoms with van der Waals surface area (Å²) >= 11 is 0. The SMILES string of the molecule is CN(C(=O)CC1(CN)CCC1)c1ccc(C(=O)O)cc1. The van der Waals surface area contributed by atoms with Crippen LogP contribution in [0, 0.1) is 5.41 Å². The molecule has 5 nitrogen and oxygen atoms in total. The van der Waals surface area contributed by atoms with E-state index in [1.54, 1.807) is 24.1 Å². The van der Waals surface area contributed by atoms with E-state index in [0.29, 0.717) is 18.7 Å². The molecule has 1 aliphatic carbocycles. The maximum absolute atomic E-state index is 12.3. The van der Waals surface area contributed by atoms with Crippen molar-refractivity contribution in [1.29, 1.82) is 0 Å². The summed E-state index contributed by atoms with van der Waals surface area (Å²) in [5.74, 6) is -0.944. The number of carbonyl (C=O) groups excluding carboxylic acids is 1. The Morgan fingerprint density at radius 3 is 2.30 bits per heavy atom. The first-order valence-corrected chi connectivity index (χ1v) is 6.77. The minimum atomic E-state index is -0.970. The van der Waals surface area contributed by atoms with E-state index in [9.17, 15) is 9.59 Å². The van der Waals surface area contributed by atoms with Crippen molar-refractivity contribution in [1.82, 2.24) is 0 Å². The number of carboxylic acids is 1. The second kappa shape index (κ2) is 5.63. The van der Waals surface area contributed by atoms with Gasteiger partial charge >= 0.3 is 5.97 Å². The summed E-state index contributed by atoms with van der Waals surface area (Å²) in [4.78, 5) is 24.6. The predicted molar refractivity (Wildman–Crippen MR) is 76.8 cm³/mol. The van der Waals surface area contributed by atoms with Crippen LogP contribution in [0.2, 0.25) is 0 Å². The molecule has 108 valence electrons. The van der Waals surface area contributed by atoms with Crippen LogP contribution in [-0.4, -0.2) is 30.6 Å². The van der Waals surface area contributed by atoms with E-state index < -0.39 is 5.97 Å². The minimum absolute atomic E-state index is 0.0215. The van der Waals surface area contributed by atoms with E-state index in [2.05, 4.69) is 0 Å². The summed E-state index contributed by atoms with van der Waals surface area (Å²) < 4.78 is 0. The Morgan fingerprint density at radius 2 is 1.90 bits per heavy atom. The van der Waals surface area contributed by atoms with Gasteiger partial charge in [-0.15, -0.1) is 0 Å². The quantitative estimate of drug-likeness (QED) is 0.860. The molecule has 5 heteroatoms. The number of nitrogens with zero attached hydrogens (tertiary/aromatic N) is 1. The van der Waals surface area contributed by atoms with E-state index >= 15 is 0 Å². The predicted octanol–water partition coefficient (Wildman–Crippen LogP) is 1.87. The van der Waals surface area contributed by atoms with Crippen LogP contribution in [0.5, 0.6) is 0 Å². The number of rotatable bonds is 5. The van der Waals surface area contributed by atoms with Gasteiger partial charge in [0.25, 0.3) is 0 Å². The molecule has 0 saturated heterocycles. The zero-order valence-corrected chi connectivity index (χ0v) is 11.6. The van der Waals surface area contributed by atoms with Crippen molar-refractivity contribution in [2.45, 2.75) is 25.7 Å². The average Bonchev–Trinajstić information content (AvgIpc) is 2.42. The van der Waals surface area contributed by atoms with Crippen molar-refractivity contribution in [3.63, 3.8) is 0 Å². The molecule has 0 aliphatic heterocycles. The summed E-state index contributed by atoms with van der Waals surface area (Å²) in [6.45, 7) is 0.546. The lowest BCUT2D eigenvalue weighted by molar-refractivity contribution is -0.121. The highest BCUT2D eigenvalue weighted by Crippen LogP contribution is 2.43. The van der Waals surface area contributed by atoms with Crippen LogP contribution in [0.1, 0.15) is 36.0 Å². The molecule has 1 fully saturated rings. The lowest BCUT2D eigenvalue weighted by Crippen LogP contribution is -2.42. The first-order chi connectivity index (χ1) is 9.47. The molecule has 1 aliphatic rings. The second-order valence-corrected chi connectivity index (χ2v) is 5.54. The van der Waals surface area contributed by atoms with Gasteiger partial charge in [-0.1, -0.05) is 6.42 Å². The minimum Gasteiger partial charge on any atom is -0.478 e. The first kappa shape index (κ1) is 14.5. The molecule has 0 bridgehead atoms. The van der Waals surface area contributed by atoms with Crippen LogP contribution in [0.15, 0.2) is 24.3 Å². The van der Waals surface area contributed by atoms with E-state index in [1.807, 2.05) is 0 Å². The van der Waals surface area contributed by atoms with Gasteiger partial charge in [-0.2, -0.15) is 0 Å². The van der Waals surface area contributed by atoms with E-state index in [0.717, 1.165) is 19.3 Å². The smallest absolute Gasteiger partial charge is 0.335 e. The number of carbonyl (C=O) groups is 2. The molecule has 0 radical (unpaired) electrons. The van der Waals surface area contributed by atoms with E-state index in [4.69, 9.17) is 10.8 Å². The summed E-state index contributed by atoms with van der Waals surface area (Å²) in [5.41, 5.74) is 6.67. The topological polar surface area (TPSA) is 83.6 Å². The number of amides is 1. The fourth-order valence-corrected chi connectivity index (χ4v) is 2.54. The number of benzene rings is 1. The number of nitrogens with two attached hydrogens (primary N) is 1. The second-order valence-electron chi connectivity index (χ2n) is 5.54. The molecule has 0 spiro atoms. The van der Waals surface area contributed by atoms with Crippen LogP contribution < -0.4 is 10.6 Å². The lowest BCUT2D eigenvalue weighted by Gasteiger charge is -2.41. The number of aromatic carboxylic acids is 1. The molecular weight excluding hydrogens is 256 g/mol. The zero-order valence-electron chi connectivity index (χ0n) is 11.6. The Kier molecular flexibility index (Phi) is 4.09. The zero-order chi connectivity index (χ0) is 14.8. The normalized spacial score (nSPS) is 16.3. The molecule has 0 aromatic heterocycles. The maximum atomic E-state index is 12.3. The third-order valence-corrected chi connectivity index (χ3v) is 4.25. The highest BCUT2D eigenvalue weighted by Gasteiger charge is 2.38. The van der Waals surface area contributed by atoms with Gasteiger partial charge in [0.05, 0.1) is 5.56 Å². The summed E-state index contributed by atoms with van der Waals surface area (Å²) in [6.07, 6.45) is 3.63. The lowest BCUT2D eigenvalue weighted by atomic mass is 9.66. The monoisotopic (exact) mass is 276 g/mol. The largest absolute Gasteiger partial charge is 0.478 e. The summed E-state index contributed by atoms with van der Waals surface area (Å²) in [7, 11) is 1.71. The number of hydrogen-bond donors (Lipinski definition) is 2. The molecule has 20 heavy (non-hydrogen) atoms. The Bertz CT molecular complexity index is 501. The van der Waals surface area contributed by atoms with Gasteiger partial charge in [-0.25, -0.2) is 4.79 Å². The highest BCUT2D eigenvalue weighted by atomic mass is 16.4. The van der Waals surface area contributed by atoms with Crippen molar-refractivity contribution in [2.75, 3.05) is 18.5 Å². The van der Waals surface area contributed by atoms with Crippen molar-refractivity contribution in [3.8, 4) is 0 Å². The molecular formula is C15H20N2O3. The van der Waals surface area contributed by atoms with Crippen molar-refractivity contribution in [3.05, 3.63) is 29.8 Å². The van der Waals surface area contributed by atoms with Gasteiger partial charge in [0.1, 0.15) is 0 Å². The average molecular weight is 276 g/mol. The summed E-state index contributed by atoms with van der Waals surface area (Å²) in [6, 6.07) is 6.31. The first-order valence-electron chi connectivity index (χ1n) is 6.77. The number of anilines is 1. The third kappa shape index (κ3) is 2.82.